The molecule has 1 aromatic carbocycles. The second kappa shape index (κ2) is 9.00. The van der Waals surface area contributed by atoms with Crippen molar-refractivity contribution in [2.24, 2.45) is 5.92 Å². The van der Waals surface area contributed by atoms with Gasteiger partial charge in [-0.3, -0.25) is 9.59 Å². The highest BCUT2D eigenvalue weighted by Gasteiger charge is 2.25. The number of carbonyl (C=O) groups excluding carboxylic acids is 2. The average molecular weight is 363 g/mol. The number of hydrogen-bond donors (Lipinski definition) is 2. The fraction of sp³-hybridized carbons (Fsp3) is 0.579. The third kappa shape index (κ3) is 5.19. The van der Waals surface area contributed by atoms with Gasteiger partial charge in [-0.25, -0.2) is 0 Å². The zero-order valence-corrected chi connectivity index (χ0v) is 16.2. The largest absolute Gasteiger partial charge is 0.491 e. The first-order chi connectivity index (χ1) is 12.3. The Morgan fingerprint density at radius 2 is 2.12 bits per heavy atom. The van der Waals surface area contributed by atoms with E-state index in [9.17, 15) is 9.59 Å². The highest BCUT2D eigenvalue weighted by Crippen LogP contribution is 2.26. The summed E-state index contributed by atoms with van der Waals surface area (Å²) in [6, 6.07) is 5.20. The molecule has 144 valence electrons. The van der Waals surface area contributed by atoms with Crippen molar-refractivity contribution in [3.8, 4) is 5.75 Å². The van der Waals surface area contributed by atoms with Crippen LogP contribution >= 0.6 is 0 Å². The van der Waals surface area contributed by atoms with E-state index in [1.54, 1.807) is 37.3 Å². The summed E-state index contributed by atoms with van der Waals surface area (Å²) in [5.41, 5.74) is 1.07. The first-order valence-electron chi connectivity index (χ1n) is 8.88. The second-order valence-corrected chi connectivity index (χ2v) is 6.95. The molecule has 3 atom stereocenters. The summed E-state index contributed by atoms with van der Waals surface area (Å²) in [7, 11) is 3.43. The van der Waals surface area contributed by atoms with E-state index in [4.69, 9.17) is 9.47 Å². The van der Waals surface area contributed by atoms with Crippen molar-refractivity contribution in [1.82, 2.24) is 10.2 Å². The van der Waals surface area contributed by atoms with Crippen LogP contribution in [0.25, 0.3) is 0 Å². The monoisotopic (exact) mass is 363 g/mol. The summed E-state index contributed by atoms with van der Waals surface area (Å²) in [6.07, 6.45) is -0.0638. The minimum atomic E-state index is -0.173. The van der Waals surface area contributed by atoms with Gasteiger partial charge >= 0.3 is 0 Å². The molecule has 1 aliphatic rings. The van der Waals surface area contributed by atoms with E-state index in [1.165, 1.54) is 6.92 Å². The number of ether oxygens (including phenoxy) is 2. The molecule has 26 heavy (non-hydrogen) atoms. The Hall–Kier alpha value is -2.12. The standard InChI is InChI=1S/C19H29N3O4/c1-12-9-20-13(2)11-26-17-8-15(21-14(3)23)6-7-16(17)19(24)22(4)10-18(12)25-5/h6-8,12-13,18,20H,9-11H2,1-5H3,(H,21,23)/t12-,13+,18+/m1/s1. The Kier molecular flexibility index (Phi) is 6.99. The van der Waals surface area contributed by atoms with E-state index in [1.807, 2.05) is 6.92 Å². The first-order valence-corrected chi connectivity index (χ1v) is 8.88. The van der Waals surface area contributed by atoms with Gasteiger partial charge in [0.1, 0.15) is 12.4 Å². The van der Waals surface area contributed by atoms with E-state index in [2.05, 4.69) is 17.6 Å². The zero-order valence-electron chi connectivity index (χ0n) is 16.2. The lowest BCUT2D eigenvalue weighted by molar-refractivity contribution is -0.114. The fourth-order valence-corrected chi connectivity index (χ4v) is 2.94. The lowest BCUT2D eigenvalue weighted by atomic mass is 10.0. The van der Waals surface area contributed by atoms with Crippen molar-refractivity contribution in [3.05, 3.63) is 23.8 Å². The van der Waals surface area contributed by atoms with Gasteiger partial charge in [0, 0.05) is 52.0 Å². The number of likely N-dealkylation sites (N-methyl/N-ethyl adjacent to an activating group) is 1. The molecule has 2 rings (SSSR count). The molecule has 0 fully saturated rings. The topological polar surface area (TPSA) is 79.9 Å². The zero-order chi connectivity index (χ0) is 19.3. The Labute approximate surface area is 155 Å². The number of nitrogens with zero attached hydrogens (tertiary/aromatic N) is 1. The predicted octanol–water partition coefficient (Wildman–Crippen LogP) is 1.74. The molecule has 1 aliphatic heterocycles. The van der Waals surface area contributed by atoms with Crippen LogP contribution in [0.1, 0.15) is 31.1 Å². The Bertz CT molecular complexity index is 650. The smallest absolute Gasteiger partial charge is 0.257 e. The lowest BCUT2D eigenvalue weighted by Gasteiger charge is -2.30. The summed E-state index contributed by atoms with van der Waals surface area (Å²) in [4.78, 5) is 25.9. The molecule has 0 saturated carbocycles. The summed E-state index contributed by atoms with van der Waals surface area (Å²) < 4.78 is 11.5. The molecular formula is C19H29N3O4. The Balaban J connectivity index is 2.35. The van der Waals surface area contributed by atoms with E-state index in [-0.39, 0.29) is 29.9 Å². The van der Waals surface area contributed by atoms with E-state index >= 15 is 0 Å². The molecule has 0 saturated heterocycles. The number of anilines is 1. The lowest BCUT2D eigenvalue weighted by Crippen LogP contribution is -2.44. The fourth-order valence-electron chi connectivity index (χ4n) is 2.94. The predicted molar refractivity (Wildman–Crippen MR) is 101 cm³/mol. The summed E-state index contributed by atoms with van der Waals surface area (Å²) in [6.45, 7) is 7.25. The van der Waals surface area contributed by atoms with Gasteiger partial charge in [-0.15, -0.1) is 0 Å². The van der Waals surface area contributed by atoms with Crippen molar-refractivity contribution in [2.75, 3.05) is 39.2 Å². The molecule has 2 amide bonds. The van der Waals surface area contributed by atoms with Crippen LogP contribution in [0.4, 0.5) is 5.69 Å². The molecule has 7 nitrogen and oxygen atoms in total. The number of carbonyl (C=O) groups is 2. The highest BCUT2D eigenvalue weighted by atomic mass is 16.5. The number of hydrogen-bond acceptors (Lipinski definition) is 5. The third-order valence-corrected chi connectivity index (χ3v) is 4.55. The van der Waals surface area contributed by atoms with Crippen LogP contribution in [0.5, 0.6) is 5.75 Å². The molecule has 0 aromatic heterocycles. The summed E-state index contributed by atoms with van der Waals surface area (Å²) in [5, 5.41) is 6.16. The van der Waals surface area contributed by atoms with Crippen LogP contribution in [0.2, 0.25) is 0 Å². The molecule has 0 radical (unpaired) electrons. The molecule has 0 spiro atoms. The highest BCUT2D eigenvalue weighted by molar-refractivity contribution is 5.98. The van der Waals surface area contributed by atoms with E-state index < -0.39 is 0 Å². The molecule has 1 heterocycles. The number of nitrogens with one attached hydrogen (secondary N) is 2. The maximum Gasteiger partial charge on any atom is 0.257 e. The van der Waals surface area contributed by atoms with E-state index in [0.29, 0.717) is 30.2 Å². The Morgan fingerprint density at radius 3 is 2.77 bits per heavy atom. The molecular weight excluding hydrogens is 334 g/mol. The van der Waals surface area contributed by atoms with Gasteiger partial charge in [0.15, 0.2) is 0 Å². The van der Waals surface area contributed by atoms with Crippen molar-refractivity contribution < 1.29 is 19.1 Å². The van der Waals surface area contributed by atoms with Crippen molar-refractivity contribution in [3.63, 3.8) is 0 Å². The SMILES string of the molecule is CO[C@H]1CN(C)C(=O)c2ccc(NC(C)=O)cc2OC[C@H](C)NC[C@H]1C. The van der Waals surface area contributed by atoms with Crippen molar-refractivity contribution in [2.45, 2.75) is 32.9 Å². The minimum Gasteiger partial charge on any atom is -0.491 e. The van der Waals surface area contributed by atoms with Crippen LogP contribution < -0.4 is 15.4 Å². The van der Waals surface area contributed by atoms with Crippen LogP contribution in [0, 0.1) is 5.92 Å². The number of rotatable bonds is 2. The van der Waals surface area contributed by atoms with Gasteiger partial charge in [0.05, 0.1) is 11.7 Å². The van der Waals surface area contributed by atoms with Gasteiger partial charge in [-0.05, 0) is 25.0 Å². The molecule has 1 aromatic rings. The summed E-state index contributed by atoms with van der Waals surface area (Å²) >= 11 is 0. The second-order valence-electron chi connectivity index (χ2n) is 6.95. The molecule has 7 heteroatoms. The average Bonchev–Trinajstić information content (AvgIpc) is 2.60. The summed E-state index contributed by atoms with van der Waals surface area (Å²) in [5.74, 6) is 0.404. The molecule has 0 bridgehead atoms. The molecule has 0 unspecified atom stereocenters. The Morgan fingerprint density at radius 1 is 1.38 bits per heavy atom. The number of benzene rings is 1. The number of fused-ring (bicyclic) bond motifs is 1. The van der Waals surface area contributed by atoms with Crippen molar-refractivity contribution in [1.29, 1.82) is 0 Å². The van der Waals surface area contributed by atoms with Gasteiger partial charge < -0.3 is 25.0 Å². The van der Waals surface area contributed by atoms with Crippen LogP contribution in [0.15, 0.2) is 18.2 Å². The normalized spacial score (nSPS) is 24.7. The van der Waals surface area contributed by atoms with Crippen LogP contribution in [-0.2, 0) is 9.53 Å². The molecule has 0 aliphatic carbocycles. The molecule has 2 N–H and O–H groups in total. The maximum absolute atomic E-state index is 12.9. The minimum absolute atomic E-state index is 0.0638. The van der Waals surface area contributed by atoms with Crippen molar-refractivity contribution >= 4 is 17.5 Å². The van der Waals surface area contributed by atoms with Gasteiger partial charge in [0.2, 0.25) is 5.91 Å². The van der Waals surface area contributed by atoms with Crippen LogP contribution in [0.3, 0.4) is 0 Å². The van der Waals surface area contributed by atoms with Gasteiger partial charge in [0.25, 0.3) is 5.91 Å². The van der Waals surface area contributed by atoms with E-state index in [0.717, 1.165) is 6.54 Å². The maximum atomic E-state index is 12.9. The van der Waals surface area contributed by atoms with Crippen LogP contribution in [-0.4, -0.2) is 62.7 Å². The van der Waals surface area contributed by atoms with Gasteiger partial charge in [-0.1, -0.05) is 6.92 Å². The third-order valence-electron chi connectivity index (χ3n) is 4.55. The quantitative estimate of drug-likeness (QED) is 0.837. The first kappa shape index (κ1) is 20.2. The number of amides is 2. The van der Waals surface area contributed by atoms with Gasteiger partial charge in [-0.2, -0.15) is 0 Å². The number of methoxy groups -OCH3 is 1.